The van der Waals surface area contributed by atoms with E-state index < -0.39 is 5.54 Å². The molecule has 1 aliphatic rings. The normalized spacial score (nSPS) is 22.1. The Kier molecular flexibility index (Phi) is 4.03. The van der Waals surface area contributed by atoms with Crippen molar-refractivity contribution in [2.45, 2.75) is 38.1 Å². The molecule has 2 aromatic rings. The van der Waals surface area contributed by atoms with Crippen molar-refractivity contribution in [2.24, 2.45) is 0 Å². The number of carbonyl (C=O) groups is 1. The summed E-state index contributed by atoms with van der Waals surface area (Å²) >= 11 is 0. The summed E-state index contributed by atoms with van der Waals surface area (Å²) in [6.07, 6.45) is 3.51. The van der Waals surface area contributed by atoms with Crippen molar-refractivity contribution in [1.29, 1.82) is 0 Å². The Bertz CT molecular complexity index is 710. The van der Waals surface area contributed by atoms with Crippen LogP contribution in [0.1, 0.15) is 54.7 Å². The Balaban J connectivity index is 1.92. The van der Waals surface area contributed by atoms with Gasteiger partial charge in [0.2, 0.25) is 0 Å². The molecule has 0 spiro atoms. The highest BCUT2D eigenvalue weighted by Gasteiger charge is 2.45. The summed E-state index contributed by atoms with van der Waals surface area (Å²) in [5.41, 5.74) is 0.124. The number of benzene rings is 1. The zero-order valence-corrected chi connectivity index (χ0v) is 13.5. The highest BCUT2D eigenvalue weighted by atomic mass is 16.5. The van der Waals surface area contributed by atoms with Gasteiger partial charge in [-0.05, 0) is 31.9 Å². The van der Waals surface area contributed by atoms with Crippen molar-refractivity contribution in [3.8, 4) is 0 Å². The maximum Gasteiger partial charge on any atom is 0.254 e. The van der Waals surface area contributed by atoms with E-state index in [9.17, 15) is 4.79 Å². The Morgan fingerprint density at radius 3 is 2.87 bits per heavy atom. The number of nitrogens with zero attached hydrogens (tertiary/aromatic N) is 3. The first kappa shape index (κ1) is 15.5. The zero-order chi connectivity index (χ0) is 16.4. The van der Waals surface area contributed by atoms with Crippen molar-refractivity contribution >= 4 is 5.91 Å². The molecule has 2 atom stereocenters. The van der Waals surface area contributed by atoms with E-state index >= 15 is 0 Å². The van der Waals surface area contributed by atoms with E-state index in [4.69, 9.17) is 4.52 Å². The van der Waals surface area contributed by atoms with Crippen LogP contribution in [0.5, 0.6) is 0 Å². The van der Waals surface area contributed by atoms with Crippen molar-refractivity contribution in [1.82, 2.24) is 15.0 Å². The second kappa shape index (κ2) is 5.99. The Morgan fingerprint density at radius 2 is 2.17 bits per heavy atom. The molecule has 1 amide bonds. The second-order valence-corrected chi connectivity index (χ2v) is 6.18. The lowest BCUT2D eigenvalue weighted by Crippen LogP contribution is -2.43. The molecular weight excluding hydrogens is 290 g/mol. The number of hydrogen-bond donors (Lipinski definition) is 0. The molecule has 0 unspecified atom stereocenters. The van der Waals surface area contributed by atoms with Crippen LogP contribution in [-0.2, 0) is 5.54 Å². The Hall–Kier alpha value is -2.43. The SMILES string of the molecule is C=C[C@H](C)c1noc([C@]2(C)CCCN2C(=O)c2ccccc2)n1. The third-order valence-electron chi connectivity index (χ3n) is 4.57. The van der Waals surface area contributed by atoms with Crippen molar-refractivity contribution in [3.05, 3.63) is 60.3 Å². The Labute approximate surface area is 136 Å². The molecule has 0 aliphatic carbocycles. The molecular formula is C18H21N3O2. The monoisotopic (exact) mass is 311 g/mol. The first-order valence-electron chi connectivity index (χ1n) is 7.90. The van der Waals surface area contributed by atoms with Gasteiger partial charge in [0.1, 0.15) is 5.54 Å². The molecule has 3 rings (SSSR count). The highest BCUT2D eigenvalue weighted by Crippen LogP contribution is 2.39. The number of rotatable bonds is 4. The average Bonchev–Trinajstić information content (AvgIpc) is 3.22. The average molecular weight is 311 g/mol. The minimum Gasteiger partial charge on any atom is -0.337 e. The molecule has 0 radical (unpaired) electrons. The van der Waals surface area contributed by atoms with Crippen molar-refractivity contribution in [3.63, 3.8) is 0 Å². The fourth-order valence-electron chi connectivity index (χ4n) is 2.99. The topological polar surface area (TPSA) is 59.2 Å². The summed E-state index contributed by atoms with van der Waals surface area (Å²) < 4.78 is 5.49. The first-order chi connectivity index (χ1) is 11.1. The largest absolute Gasteiger partial charge is 0.337 e. The summed E-state index contributed by atoms with van der Waals surface area (Å²) in [4.78, 5) is 19.2. The van der Waals surface area contributed by atoms with Crippen LogP contribution in [0.15, 0.2) is 47.5 Å². The fraction of sp³-hybridized carbons (Fsp3) is 0.389. The van der Waals surface area contributed by atoms with Crippen molar-refractivity contribution in [2.75, 3.05) is 6.54 Å². The third-order valence-corrected chi connectivity index (χ3v) is 4.57. The lowest BCUT2D eigenvalue weighted by Gasteiger charge is -2.32. The predicted molar refractivity (Wildman–Crippen MR) is 87.0 cm³/mol. The van der Waals surface area contributed by atoms with E-state index in [2.05, 4.69) is 16.7 Å². The van der Waals surface area contributed by atoms with Crippen LogP contribution in [0.2, 0.25) is 0 Å². The van der Waals surface area contributed by atoms with Crippen LogP contribution >= 0.6 is 0 Å². The summed E-state index contributed by atoms with van der Waals surface area (Å²) in [6, 6.07) is 9.32. The number of carbonyl (C=O) groups excluding carboxylic acids is 1. The van der Waals surface area contributed by atoms with E-state index in [0.29, 0.717) is 23.8 Å². The second-order valence-electron chi connectivity index (χ2n) is 6.18. The fourth-order valence-corrected chi connectivity index (χ4v) is 2.99. The minimum absolute atomic E-state index is 0.00196. The van der Waals surface area contributed by atoms with Crippen LogP contribution in [-0.4, -0.2) is 27.5 Å². The summed E-state index contributed by atoms with van der Waals surface area (Å²) in [5, 5.41) is 4.05. The third kappa shape index (κ3) is 2.67. The van der Waals surface area contributed by atoms with Crippen LogP contribution in [0.25, 0.3) is 0 Å². The molecule has 5 heteroatoms. The molecule has 0 saturated carbocycles. The van der Waals surface area contributed by atoms with E-state index in [0.717, 1.165) is 12.8 Å². The molecule has 1 fully saturated rings. The lowest BCUT2D eigenvalue weighted by molar-refractivity contribution is 0.0551. The molecule has 120 valence electrons. The maximum atomic E-state index is 12.9. The van der Waals surface area contributed by atoms with Gasteiger partial charge in [0, 0.05) is 18.0 Å². The van der Waals surface area contributed by atoms with Crippen molar-refractivity contribution < 1.29 is 9.32 Å². The molecule has 23 heavy (non-hydrogen) atoms. The van der Waals surface area contributed by atoms with E-state index in [1.165, 1.54) is 0 Å². The number of amides is 1. The lowest BCUT2D eigenvalue weighted by atomic mass is 9.98. The summed E-state index contributed by atoms with van der Waals surface area (Å²) in [7, 11) is 0. The molecule has 1 aromatic heterocycles. The molecule has 1 saturated heterocycles. The molecule has 1 aromatic carbocycles. The Morgan fingerprint density at radius 1 is 1.43 bits per heavy atom. The van der Waals surface area contributed by atoms with Crippen LogP contribution in [0.4, 0.5) is 0 Å². The van der Waals surface area contributed by atoms with Gasteiger partial charge in [0.05, 0.1) is 0 Å². The molecule has 0 N–H and O–H groups in total. The standard InChI is InChI=1S/C18H21N3O2/c1-4-13(2)15-19-17(23-20-15)18(3)11-8-12-21(18)16(22)14-9-6-5-7-10-14/h4-7,9-10,13H,1,8,11-12H2,2-3H3/t13-,18-/m0/s1. The van der Waals surface area contributed by atoms with Gasteiger partial charge < -0.3 is 9.42 Å². The minimum atomic E-state index is -0.556. The predicted octanol–water partition coefficient (Wildman–Crippen LogP) is 3.51. The number of aromatic nitrogens is 2. The maximum absolute atomic E-state index is 12.9. The van der Waals surface area contributed by atoms with Gasteiger partial charge in [-0.1, -0.05) is 36.4 Å². The molecule has 2 heterocycles. The number of hydrogen-bond acceptors (Lipinski definition) is 4. The van der Waals surface area contributed by atoms with E-state index in [1.807, 2.05) is 49.1 Å². The summed E-state index contributed by atoms with van der Waals surface area (Å²) in [5.74, 6) is 1.14. The van der Waals surface area contributed by atoms with Gasteiger partial charge in [0.15, 0.2) is 5.82 Å². The van der Waals surface area contributed by atoms with Gasteiger partial charge in [-0.25, -0.2) is 0 Å². The van der Waals surface area contributed by atoms with Gasteiger partial charge in [-0.3, -0.25) is 4.79 Å². The van der Waals surface area contributed by atoms with Crippen LogP contribution < -0.4 is 0 Å². The van der Waals surface area contributed by atoms with E-state index in [1.54, 1.807) is 6.08 Å². The van der Waals surface area contributed by atoms with Gasteiger partial charge in [-0.15, -0.1) is 6.58 Å². The smallest absolute Gasteiger partial charge is 0.254 e. The zero-order valence-electron chi connectivity index (χ0n) is 13.5. The van der Waals surface area contributed by atoms with Gasteiger partial charge in [0.25, 0.3) is 11.8 Å². The molecule has 5 nitrogen and oxygen atoms in total. The van der Waals surface area contributed by atoms with Gasteiger partial charge in [-0.2, -0.15) is 4.98 Å². The van der Waals surface area contributed by atoms with Crippen LogP contribution in [0.3, 0.4) is 0 Å². The number of allylic oxidation sites excluding steroid dienone is 1. The summed E-state index contributed by atoms with van der Waals surface area (Å²) in [6.45, 7) is 8.41. The highest BCUT2D eigenvalue weighted by molar-refractivity contribution is 5.94. The first-order valence-corrected chi connectivity index (χ1v) is 7.90. The van der Waals surface area contributed by atoms with Gasteiger partial charge >= 0.3 is 0 Å². The van der Waals surface area contributed by atoms with E-state index in [-0.39, 0.29) is 11.8 Å². The quantitative estimate of drug-likeness (QED) is 0.811. The molecule has 1 aliphatic heterocycles. The number of likely N-dealkylation sites (tertiary alicyclic amines) is 1. The molecule has 0 bridgehead atoms. The van der Waals surface area contributed by atoms with Crippen LogP contribution in [0, 0.1) is 0 Å².